The summed E-state index contributed by atoms with van der Waals surface area (Å²) >= 11 is 6.02. The predicted molar refractivity (Wildman–Crippen MR) is 82.8 cm³/mol. The van der Waals surface area contributed by atoms with Crippen molar-refractivity contribution in [3.05, 3.63) is 29.3 Å². The molecular formula is C14H19ClN4O2. The number of anilines is 1. The first-order valence-corrected chi connectivity index (χ1v) is 7.12. The van der Waals surface area contributed by atoms with Gasteiger partial charge in [-0.1, -0.05) is 35.8 Å². The summed E-state index contributed by atoms with van der Waals surface area (Å²) in [6.45, 7) is 3.03. The van der Waals surface area contributed by atoms with Gasteiger partial charge in [0.05, 0.1) is 10.7 Å². The van der Waals surface area contributed by atoms with Gasteiger partial charge >= 0.3 is 6.03 Å². The number of amides is 2. The third-order valence-electron chi connectivity index (χ3n) is 4.00. The lowest BCUT2D eigenvalue weighted by atomic mass is 9.79. The van der Waals surface area contributed by atoms with Gasteiger partial charge in [-0.3, -0.25) is 0 Å². The van der Waals surface area contributed by atoms with Gasteiger partial charge in [-0.15, -0.1) is 0 Å². The molecule has 1 aliphatic heterocycles. The summed E-state index contributed by atoms with van der Waals surface area (Å²) in [6.07, 6.45) is 1.30. The quantitative estimate of drug-likeness (QED) is 0.339. The zero-order valence-corrected chi connectivity index (χ0v) is 12.6. The Morgan fingerprint density at radius 1 is 1.43 bits per heavy atom. The lowest BCUT2D eigenvalue weighted by Crippen LogP contribution is -2.48. The molecule has 1 saturated heterocycles. The number of halogens is 1. The maximum Gasteiger partial charge on any atom is 0.321 e. The predicted octanol–water partition coefficient (Wildman–Crippen LogP) is 2.72. The third kappa shape index (κ3) is 3.39. The molecule has 1 aromatic rings. The second kappa shape index (κ2) is 6.22. The second-order valence-corrected chi connectivity index (χ2v) is 5.85. The number of carbonyl (C=O) groups is 1. The Balaban J connectivity index is 1.97. The van der Waals surface area contributed by atoms with E-state index in [1.54, 1.807) is 23.1 Å². The monoisotopic (exact) mass is 310 g/mol. The molecule has 1 aromatic carbocycles. The fourth-order valence-electron chi connectivity index (χ4n) is 2.34. The third-order valence-corrected chi connectivity index (χ3v) is 4.33. The topological polar surface area (TPSA) is 91.0 Å². The van der Waals surface area contributed by atoms with Gasteiger partial charge in [-0.2, -0.15) is 0 Å². The number of rotatable bonds is 2. The molecule has 1 fully saturated rings. The molecule has 0 atom stereocenters. The van der Waals surface area contributed by atoms with Gasteiger partial charge in [0.15, 0.2) is 0 Å². The second-order valence-electron chi connectivity index (χ2n) is 5.44. The minimum atomic E-state index is -0.365. The first-order valence-electron chi connectivity index (χ1n) is 6.75. The summed E-state index contributed by atoms with van der Waals surface area (Å²) < 4.78 is 0. The first-order chi connectivity index (χ1) is 9.96. The van der Waals surface area contributed by atoms with Crippen LogP contribution >= 0.6 is 11.6 Å². The van der Waals surface area contributed by atoms with Gasteiger partial charge < -0.3 is 21.2 Å². The number of carbonyl (C=O) groups excluding carboxylic acids is 1. The fourth-order valence-corrected chi connectivity index (χ4v) is 2.52. The van der Waals surface area contributed by atoms with Gasteiger partial charge in [0, 0.05) is 18.5 Å². The van der Waals surface area contributed by atoms with E-state index < -0.39 is 0 Å². The summed E-state index contributed by atoms with van der Waals surface area (Å²) in [5.74, 6) is 0.216. The van der Waals surface area contributed by atoms with E-state index in [9.17, 15) is 4.79 Å². The number of para-hydroxylation sites is 1. The number of nitrogens with zero attached hydrogens (tertiary/aromatic N) is 2. The van der Waals surface area contributed by atoms with Crippen molar-refractivity contribution in [1.82, 2.24) is 4.90 Å². The summed E-state index contributed by atoms with van der Waals surface area (Å²) in [6, 6.07) is 6.91. The van der Waals surface area contributed by atoms with Gasteiger partial charge in [0.25, 0.3) is 0 Å². The Morgan fingerprint density at radius 3 is 2.62 bits per heavy atom. The van der Waals surface area contributed by atoms with Crippen LogP contribution in [0.2, 0.25) is 5.02 Å². The summed E-state index contributed by atoms with van der Waals surface area (Å²) in [5.41, 5.74) is 5.94. The van der Waals surface area contributed by atoms with E-state index in [0.29, 0.717) is 36.6 Å². The van der Waals surface area contributed by atoms with Crippen LogP contribution in [-0.2, 0) is 0 Å². The van der Waals surface area contributed by atoms with E-state index in [1.807, 2.05) is 13.0 Å². The maximum atomic E-state index is 12.2. The molecule has 1 aliphatic rings. The number of nitrogens with two attached hydrogens (primary N) is 1. The highest BCUT2D eigenvalue weighted by molar-refractivity contribution is 6.33. The van der Waals surface area contributed by atoms with Crippen LogP contribution in [0.15, 0.2) is 29.4 Å². The van der Waals surface area contributed by atoms with E-state index in [-0.39, 0.29) is 17.3 Å². The largest absolute Gasteiger partial charge is 0.409 e. The number of hydrogen-bond acceptors (Lipinski definition) is 3. The normalized spacial score (nSPS) is 18.4. The van der Waals surface area contributed by atoms with Crippen molar-refractivity contribution in [3.8, 4) is 0 Å². The van der Waals surface area contributed by atoms with Crippen LogP contribution < -0.4 is 11.1 Å². The Labute approximate surface area is 128 Å². The molecule has 0 aliphatic carbocycles. The molecule has 7 heteroatoms. The molecule has 2 amide bonds. The van der Waals surface area contributed by atoms with Crippen LogP contribution in [0.4, 0.5) is 10.5 Å². The number of amidine groups is 1. The standard InChI is InChI=1S/C14H19ClN4O2/c1-14(12(16)18-21)6-8-19(9-7-14)13(20)17-11-5-3-2-4-10(11)15/h2-5,21H,6-9H2,1H3,(H2,16,18)(H,17,20). The van der Waals surface area contributed by atoms with Crippen molar-refractivity contribution >= 4 is 29.2 Å². The molecule has 0 spiro atoms. The number of urea groups is 1. The minimum Gasteiger partial charge on any atom is -0.409 e. The lowest BCUT2D eigenvalue weighted by Gasteiger charge is -2.38. The number of nitrogens with one attached hydrogen (secondary N) is 1. The molecule has 6 nitrogen and oxygen atoms in total. The highest BCUT2D eigenvalue weighted by atomic mass is 35.5. The van der Waals surface area contributed by atoms with Crippen molar-refractivity contribution < 1.29 is 10.0 Å². The average molecular weight is 311 g/mol. The molecule has 0 aromatic heterocycles. The molecule has 4 N–H and O–H groups in total. The number of likely N-dealkylation sites (tertiary alicyclic amines) is 1. The Morgan fingerprint density at radius 2 is 2.05 bits per heavy atom. The molecule has 2 rings (SSSR count). The Hall–Kier alpha value is -1.95. The van der Waals surface area contributed by atoms with Gasteiger partial charge in [-0.05, 0) is 25.0 Å². The summed E-state index contributed by atoms with van der Waals surface area (Å²) in [7, 11) is 0. The molecule has 0 bridgehead atoms. The number of oxime groups is 1. The van der Waals surface area contributed by atoms with Gasteiger partial charge in [0.2, 0.25) is 0 Å². The SMILES string of the molecule is CC1(/C(N)=N/O)CCN(C(=O)Nc2ccccc2Cl)CC1. The molecule has 1 heterocycles. The van der Waals surface area contributed by atoms with Crippen molar-refractivity contribution in [2.45, 2.75) is 19.8 Å². The van der Waals surface area contributed by atoms with E-state index in [1.165, 1.54) is 0 Å². The molecular weight excluding hydrogens is 292 g/mol. The van der Waals surface area contributed by atoms with E-state index in [0.717, 1.165) is 0 Å². The lowest BCUT2D eigenvalue weighted by molar-refractivity contribution is 0.168. The molecule has 0 unspecified atom stereocenters. The van der Waals surface area contributed by atoms with Crippen LogP contribution in [0.1, 0.15) is 19.8 Å². The van der Waals surface area contributed by atoms with Crippen molar-refractivity contribution in [2.75, 3.05) is 18.4 Å². The zero-order chi connectivity index (χ0) is 15.5. The van der Waals surface area contributed by atoms with E-state index in [2.05, 4.69) is 10.5 Å². The Bertz CT molecular complexity index is 554. The van der Waals surface area contributed by atoms with Crippen LogP contribution in [0.25, 0.3) is 0 Å². The van der Waals surface area contributed by atoms with E-state index in [4.69, 9.17) is 22.5 Å². The molecule has 21 heavy (non-hydrogen) atoms. The fraction of sp³-hybridized carbons (Fsp3) is 0.429. The Kier molecular flexibility index (Phi) is 4.57. The summed E-state index contributed by atoms with van der Waals surface area (Å²) in [4.78, 5) is 13.9. The van der Waals surface area contributed by atoms with Crippen molar-refractivity contribution in [3.63, 3.8) is 0 Å². The van der Waals surface area contributed by atoms with E-state index >= 15 is 0 Å². The van der Waals surface area contributed by atoms with Crippen LogP contribution in [0.5, 0.6) is 0 Å². The van der Waals surface area contributed by atoms with Gasteiger partial charge in [0.1, 0.15) is 5.84 Å². The van der Waals surface area contributed by atoms with Gasteiger partial charge in [-0.25, -0.2) is 4.79 Å². The molecule has 0 radical (unpaired) electrons. The zero-order valence-electron chi connectivity index (χ0n) is 11.8. The minimum absolute atomic E-state index is 0.190. The summed E-state index contributed by atoms with van der Waals surface area (Å²) in [5, 5.41) is 15.2. The maximum absolute atomic E-state index is 12.2. The highest BCUT2D eigenvalue weighted by Crippen LogP contribution is 2.31. The molecule has 0 saturated carbocycles. The van der Waals surface area contributed by atoms with Crippen LogP contribution in [0.3, 0.4) is 0 Å². The van der Waals surface area contributed by atoms with Crippen LogP contribution in [0, 0.1) is 5.41 Å². The number of benzene rings is 1. The smallest absolute Gasteiger partial charge is 0.321 e. The first kappa shape index (κ1) is 15.4. The molecule has 114 valence electrons. The van der Waals surface area contributed by atoms with Crippen molar-refractivity contribution in [1.29, 1.82) is 0 Å². The van der Waals surface area contributed by atoms with Crippen LogP contribution in [-0.4, -0.2) is 35.1 Å². The van der Waals surface area contributed by atoms with Crippen molar-refractivity contribution in [2.24, 2.45) is 16.3 Å². The highest BCUT2D eigenvalue weighted by Gasteiger charge is 2.35. The number of piperidine rings is 1. The average Bonchev–Trinajstić information content (AvgIpc) is 2.49. The number of hydrogen-bond donors (Lipinski definition) is 3.